The highest BCUT2D eigenvalue weighted by atomic mass is 35.5. The molecule has 0 atom stereocenters. The monoisotopic (exact) mass is 349 g/mol. The van der Waals surface area contributed by atoms with Crippen LogP contribution in [0.3, 0.4) is 0 Å². The third-order valence-corrected chi connectivity index (χ3v) is 4.45. The van der Waals surface area contributed by atoms with Crippen LogP contribution in [0.4, 0.5) is 0 Å². The summed E-state index contributed by atoms with van der Waals surface area (Å²) < 4.78 is 2.57. The van der Waals surface area contributed by atoms with Gasteiger partial charge in [-0.1, -0.05) is 53.5 Å². The summed E-state index contributed by atoms with van der Waals surface area (Å²) in [5.41, 5.74) is 2.14. The van der Waals surface area contributed by atoms with Crippen LogP contribution in [0, 0.1) is 4.77 Å². The number of aromatic nitrogens is 3. The van der Waals surface area contributed by atoms with Gasteiger partial charge in [0.15, 0.2) is 10.6 Å². The van der Waals surface area contributed by atoms with Crippen molar-refractivity contribution < 1.29 is 0 Å². The molecular weight excluding hydrogens is 337 g/mol. The average molecular weight is 350 g/mol. The maximum absolute atomic E-state index is 6.09. The first kappa shape index (κ1) is 15.3. The van der Waals surface area contributed by atoms with Gasteiger partial charge in [0.2, 0.25) is 0 Å². The van der Waals surface area contributed by atoms with Crippen molar-refractivity contribution in [3.8, 4) is 11.4 Å². The van der Waals surface area contributed by atoms with Crippen LogP contribution in [0.1, 0.15) is 5.56 Å². The van der Waals surface area contributed by atoms with Crippen LogP contribution < -0.4 is 0 Å². The van der Waals surface area contributed by atoms with E-state index < -0.39 is 0 Å². The Morgan fingerprint density at radius 3 is 2.55 bits per heavy atom. The van der Waals surface area contributed by atoms with Gasteiger partial charge in [-0.3, -0.25) is 9.67 Å². The van der Waals surface area contributed by atoms with Gasteiger partial charge in [0, 0.05) is 12.1 Å². The van der Waals surface area contributed by atoms with Gasteiger partial charge in [0.25, 0.3) is 0 Å². The van der Waals surface area contributed by atoms with Crippen LogP contribution in [0.25, 0.3) is 11.4 Å². The molecule has 0 aliphatic heterocycles. The van der Waals surface area contributed by atoms with Gasteiger partial charge >= 0.3 is 0 Å². The molecule has 1 N–H and O–H groups in total. The zero-order chi connectivity index (χ0) is 15.5. The summed E-state index contributed by atoms with van der Waals surface area (Å²) in [6, 6.07) is 15.7. The number of halogens is 2. The summed E-state index contributed by atoms with van der Waals surface area (Å²) in [6.45, 7) is 0.745. The predicted molar refractivity (Wildman–Crippen MR) is 93.0 cm³/mol. The van der Waals surface area contributed by atoms with E-state index in [1.807, 2.05) is 28.8 Å². The van der Waals surface area contributed by atoms with Crippen LogP contribution in [0.2, 0.25) is 10.0 Å². The number of aryl methyl sites for hydroxylation is 1. The number of aromatic amines is 1. The second-order valence-electron chi connectivity index (χ2n) is 4.87. The molecule has 6 heteroatoms. The molecule has 2 aromatic carbocycles. The summed E-state index contributed by atoms with van der Waals surface area (Å²) >= 11 is 17.4. The van der Waals surface area contributed by atoms with Gasteiger partial charge in [-0.2, -0.15) is 5.10 Å². The molecule has 0 saturated heterocycles. The zero-order valence-corrected chi connectivity index (χ0v) is 13.9. The van der Waals surface area contributed by atoms with E-state index in [4.69, 9.17) is 35.4 Å². The Labute approximate surface area is 143 Å². The van der Waals surface area contributed by atoms with E-state index in [0.29, 0.717) is 14.8 Å². The Kier molecular flexibility index (Phi) is 4.62. The van der Waals surface area contributed by atoms with E-state index in [2.05, 4.69) is 22.3 Å². The SMILES string of the molecule is S=c1[nH]nc(-c2ccc(Cl)c(Cl)c2)n1CCc1ccccc1. The zero-order valence-electron chi connectivity index (χ0n) is 11.6. The van der Waals surface area contributed by atoms with E-state index in [1.54, 1.807) is 12.1 Å². The van der Waals surface area contributed by atoms with Gasteiger partial charge in [0.1, 0.15) is 0 Å². The second kappa shape index (κ2) is 6.65. The number of nitrogens with one attached hydrogen (secondary N) is 1. The molecule has 0 aliphatic carbocycles. The Hall–Kier alpha value is -1.62. The summed E-state index contributed by atoms with van der Waals surface area (Å²) in [7, 11) is 0. The molecule has 3 aromatic rings. The van der Waals surface area contributed by atoms with Crippen molar-refractivity contribution in [3.05, 3.63) is 68.9 Å². The smallest absolute Gasteiger partial charge is 0.195 e. The molecule has 0 bridgehead atoms. The number of rotatable bonds is 4. The molecule has 0 fully saturated rings. The van der Waals surface area contributed by atoms with Crippen molar-refractivity contribution in [3.63, 3.8) is 0 Å². The van der Waals surface area contributed by atoms with Crippen molar-refractivity contribution in [2.75, 3.05) is 0 Å². The van der Waals surface area contributed by atoms with Crippen LogP contribution >= 0.6 is 35.4 Å². The average Bonchev–Trinajstić information content (AvgIpc) is 2.90. The highest BCUT2D eigenvalue weighted by molar-refractivity contribution is 7.71. The number of hydrogen-bond acceptors (Lipinski definition) is 2. The Bertz CT molecular complexity index is 840. The highest BCUT2D eigenvalue weighted by Crippen LogP contribution is 2.27. The number of benzene rings is 2. The maximum atomic E-state index is 6.09. The van der Waals surface area contributed by atoms with Gasteiger partial charge in [-0.05, 0) is 42.4 Å². The molecule has 0 radical (unpaired) electrons. The van der Waals surface area contributed by atoms with Crippen molar-refractivity contribution in [1.29, 1.82) is 0 Å². The minimum atomic E-state index is 0.502. The van der Waals surface area contributed by atoms with E-state index in [9.17, 15) is 0 Å². The van der Waals surface area contributed by atoms with Crippen molar-refractivity contribution in [1.82, 2.24) is 14.8 Å². The Balaban J connectivity index is 1.90. The molecular formula is C16H13Cl2N3S. The first-order valence-corrected chi connectivity index (χ1v) is 7.96. The third-order valence-electron chi connectivity index (χ3n) is 3.40. The summed E-state index contributed by atoms with van der Waals surface area (Å²) in [5.74, 6) is 0.763. The molecule has 3 rings (SSSR count). The molecule has 0 amide bonds. The Morgan fingerprint density at radius 2 is 1.82 bits per heavy atom. The van der Waals surface area contributed by atoms with E-state index in [-0.39, 0.29) is 0 Å². The van der Waals surface area contributed by atoms with E-state index in [1.165, 1.54) is 5.56 Å². The molecule has 1 aromatic heterocycles. The van der Waals surface area contributed by atoms with Gasteiger partial charge in [-0.25, -0.2) is 0 Å². The fourth-order valence-electron chi connectivity index (χ4n) is 2.27. The first-order chi connectivity index (χ1) is 10.6. The summed E-state index contributed by atoms with van der Waals surface area (Å²) in [4.78, 5) is 0. The minimum Gasteiger partial charge on any atom is -0.300 e. The lowest BCUT2D eigenvalue weighted by Gasteiger charge is -2.08. The van der Waals surface area contributed by atoms with Crippen molar-refractivity contribution in [2.45, 2.75) is 13.0 Å². The lowest BCUT2D eigenvalue weighted by atomic mass is 10.1. The molecule has 0 spiro atoms. The standard InChI is InChI=1S/C16H13Cl2N3S/c17-13-7-6-12(10-14(13)18)15-19-20-16(22)21(15)9-8-11-4-2-1-3-5-11/h1-7,10H,8-9H2,(H,20,22). The molecule has 0 unspecified atom stereocenters. The molecule has 1 heterocycles. The number of H-pyrrole nitrogens is 1. The largest absolute Gasteiger partial charge is 0.300 e. The molecule has 3 nitrogen and oxygen atoms in total. The maximum Gasteiger partial charge on any atom is 0.195 e. The topological polar surface area (TPSA) is 33.6 Å². The molecule has 112 valence electrons. The van der Waals surface area contributed by atoms with Gasteiger partial charge in [0.05, 0.1) is 10.0 Å². The second-order valence-corrected chi connectivity index (χ2v) is 6.07. The Morgan fingerprint density at radius 1 is 1.05 bits per heavy atom. The van der Waals surface area contributed by atoms with Crippen LogP contribution in [-0.2, 0) is 13.0 Å². The molecule has 0 aliphatic rings. The lowest BCUT2D eigenvalue weighted by molar-refractivity contribution is 0.692. The third kappa shape index (κ3) is 3.24. The van der Waals surface area contributed by atoms with Crippen LogP contribution in [0.15, 0.2) is 48.5 Å². The summed E-state index contributed by atoms with van der Waals surface area (Å²) in [6.07, 6.45) is 0.878. The van der Waals surface area contributed by atoms with Crippen LogP contribution in [0.5, 0.6) is 0 Å². The minimum absolute atomic E-state index is 0.502. The van der Waals surface area contributed by atoms with Gasteiger partial charge < -0.3 is 0 Å². The molecule has 0 saturated carbocycles. The first-order valence-electron chi connectivity index (χ1n) is 6.80. The van der Waals surface area contributed by atoms with Crippen LogP contribution in [-0.4, -0.2) is 14.8 Å². The number of nitrogens with zero attached hydrogens (tertiary/aromatic N) is 2. The fraction of sp³-hybridized carbons (Fsp3) is 0.125. The fourth-order valence-corrected chi connectivity index (χ4v) is 2.79. The predicted octanol–water partition coefficient (Wildman–Crippen LogP) is 5.16. The normalized spacial score (nSPS) is 10.8. The summed E-state index contributed by atoms with van der Waals surface area (Å²) in [5, 5.41) is 8.18. The molecule has 22 heavy (non-hydrogen) atoms. The quantitative estimate of drug-likeness (QED) is 0.660. The highest BCUT2D eigenvalue weighted by Gasteiger charge is 2.10. The van der Waals surface area contributed by atoms with Crippen molar-refractivity contribution >= 4 is 35.4 Å². The van der Waals surface area contributed by atoms with E-state index >= 15 is 0 Å². The number of hydrogen-bond donors (Lipinski definition) is 1. The van der Waals surface area contributed by atoms with Gasteiger partial charge in [-0.15, -0.1) is 0 Å². The lowest BCUT2D eigenvalue weighted by Crippen LogP contribution is -2.04. The van der Waals surface area contributed by atoms with E-state index in [0.717, 1.165) is 24.4 Å². The van der Waals surface area contributed by atoms with Crippen molar-refractivity contribution in [2.24, 2.45) is 0 Å².